The second-order valence-corrected chi connectivity index (χ2v) is 7.42. The van der Waals surface area contributed by atoms with Gasteiger partial charge in [-0.1, -0.05) is 6.42 Å². The second-order valence-electron chi connectivity index (χ2n) is 7.42. The van der Waals surface area contributed by atoms with Gasteiger partial charge in [-0.2, -0.15) is 0 Å². The number of rotatable bonds is 1. The van der Waals surface area contributed by atoms with Crippen molar-refractivity contribution in [3.63, 3.8) is 0 Å². The Morgan fingerprint density at radius 1 is 1.00 bits per heavy atom. The van der Waals surface area contributed by atoms with E-state index in [1.807, 2.05) is 0 Å². The van der Waals surface area contributed by atoms with Gasteiger partial charge in [0.25, 0.3) is 0 Å². The van der Waals surface area contributed by atoms with Gasteiger partial charge in [0.1, 0.15) is 0 Å². The molecule has 112 valence electrons. The van der Waals surface area contributed by atoms with E-state index in [4.69, 9.17) is 0 Å². The Bertz CT molecular complexity index is 373. The van der Waals surface area contributed by atoms with E-state index in [0.717, 1.165) is 44.4 Å². The van der Waals surface area contributed by atoms with Crippen molar-refractivity contribution in [2.24, 2.45) is 23.2 Å². The van der Waals surface area contributed by atoms with Gasteiger partial charge in [0.05, 0.1) is 5.41 Å². The highest BCUT2D eigenvalue weighted by Gasteiger charge is 2.53. The maximum atomic E-state index is 13.1. The van der Waals surface area contributed by atoms with Crippen molar-refractivity contribution < 1.29 is 4.79 Å². The average Bonchev–Trinajstić information content (AvgIpc) is 3.11. The van der Waals surface area contributed by atoms with Crippen molar-refractivity contribution in [2.45, 2.75) is 32.1 Å². The Hall–Kier alpha value is -0.610. The summed E-state index contributed by atoms with van der Waals surface area (Å²) in [6, 6.07) is 0. The highest BCUT2D eigenvalue weighted by atomic mass is 16.2. The van der Waals surface area contributed by atoms with Crippen LogP contribution in [0, 0.1) is 23.2 Å². The number of hydrogen-bond acceptors (Lipinski definition) is 3. The Kier molecular flexibility index (Phi) is 3.26. The van der Waals surface area contributed by atoms with E-state index in [9.17, 15) is 4.79 Å². The number of fused-ring (bicyclic) bond motifs is 2. The number of likely N-dealkylation sites (tertiary alicyclic amines) is 1. The molecule has 0 unspecified atom stereocenters. The SMILES string of the molecule is O=C(N1CC[C@@H]2CNC[C@@H]2CC1)[C@@]12CCC[C@@H]1CNC2. The monoisotopic (exact) mass is 277 g/mol. The predicted molar refractivity (Wildman–Crippen MR) is 78.3 cm³/mol. The molecule has 1 amide bonds. The van der Waals surface area contributed by atoms with E-state index in [1.54, 1.807) is 0 Å². The first-order chi connectivity index (χ1) is 9.79. The van der Waals surface area contributed by atoms with Crippen molar-refractivity contribution >= 4 is 5.91 Å². The first kappa shape index (κ1) is 13.1. The predicted octanol–water partition coefficient (Wildman–Crippen LogP) is 0.834. The van der Waals surface area contributed by atoms with Crippen LogP contribution in [0.3, 0.4) is 0 Å². The topological polar surface area (TPSA) is 44.4 Å². The number of hydrogen-bond donors (Lipinski definition) is 2. The van der Waals surface area contributed by atoms with Gasteiger partial charge in [0.15, 0.2) is 0 Å². The molecule has 20 heavy (non-hydrogen) atoms. The van der Waals surface area contributed by atoms with Gasteiger partial charge in [0, 0.05) is 19.6 Å². The zero-order valence-electron chi connectivity index (χ0n) is 12.4. The molecular formula is C16H27N3O. The van der Waals surface area contributed by atoms with E-state index in [0.29, 0.717) is 11.8 Å². The van der Waals surface area contributed by atoms with Crippen molar-refractivity contribution in [1.29, 1.82) is 0 Å². The molecule has 4 atom stereocenters. The maximum Gasteiger partial charge on any atom is 0.230 e. The third kappa shape index (κ3) is 1.92. The average molecular weight is 277 g/mol. The first-order valence-electron chi connectivity index (χ1n) is 8.50. The largest absolute Gasteiger partial charge is 0.342 e. The summed E-state index contributed by atoms with van der Waals surface area (Å²) < 4.78 is 0. The zero-order chi connectivity index (χ0) is 13.6. The quantitative estimate of drug-likeness (QED) is 0.746. The summed E-state index contributed by atoms with van der Waals surface area (Å²) >= 11 is 0. The fourth-order valence-corrected chi connectivity index (χ4v) is 5.24. The fourth-order valence-electron chi connectivity index (χ4n) is 5.24. The molecule has 3 saturated heterocycles. The van der Waals surface area contributed by atoms with Gasteiger partial charge in [-0.05, 0) is 63.1 Å². The van der Waals surface area contributed by atoms with Crippen LogP contribution in [-0.2, 0) is 4.79 Å². The van der Waals surface area contributed by atoms with E-state index < -0.39 is 0 Å². The van der Waals surface area contributed by atoms with Crippen LogP contribution in [0.25, 0.3) is 0 Å². The minimum Gasteiger partial charge on any atom is -0.342 e. The number of nitrogens with zero attached hydrogens (tertiary/aromatic N) is 1. The molecule has 3 aliphatic heterocycles. The minimum absolute atomic E-state index is 0.0301. The zero-order valence-corrected chi connectivity index (χ0v) is 12.4. The van der Waals surface area contributed by atoms with E-state index in [1.165, 1.54) is 38.8 Å². The summed E-state index contributed by atoms with van der Waals surface area (Å²) in [5, 5.41) is 7.00. The molecule has 1 saturated carbocycles. The molecule has 0 bridgehead atoms. The highest BCUT2D eigenvalue weighted by molar-refractivity contribution is 5.84. The van der Waals surface area contributed by atoms with Gasteiger partial charge in [-0.25, -0.2) is 0 Å². The molecule has 3 heterocycles. The van der Waals surface area contributed by atoms with Crippen molar-refractivity contribution in [2.75, 3.05) is 39.3 Å². The van der Waals surface area contributed by atoms with Crippen LogP contribution in [0.1, 0.15) is 32.1 Å². The molecule has 4 rings (SSSR count). The van der Waals surface area contributed by atoms with Crippen molar-refractivity contribution in [3.05, 3.63) is 0 Å². The van der Waals surface area contributed by atoms with Crippen molar-refractivity contribution in [3.8, 4) is 0 Å². The molecule has 0 aromatic carbocycles. The van der Waals surface area contributed by atoms with Crippen LogP contribution in [-0.4, -0.2) is 50.1 Å². The lowest BCUT2D eigenvalue weighted by atomic mass is 9.79. The van der Waals surface area contributed by atoms with Crippen LogP contribution < -0.4 is 10.6 Å². The molecule has 0 aromatic heterocycles. The van der Waals surface area contributed by atoms with Crippen LogP contribution >= 0.6 is 0 Å². The number of carbonyl (C=O) groups is 1. The van der Waals surface area contributed by atoms with Gasteiger partial charge in [-0.3, -0.25) is 4.79 Å². The minimum atomic E-state index is -0.0301. The number of carbonyl (C=O) groups excluding carboxylic acids is 1. The second kappa shape index (κ2) is 4.99. The van der Waals surface area contributed by atoms with E-state index in [-0.39, 0.29) is 5.41 Å². The summed E-state index contributed by atoms with van der Waals surface area (Å²) in [5.41, 5.74) is -0.0301. The molecule has 0 radical (unpaired) electrons. The smallest absolute Gasteiger partial charge is 0.230 e. The van der Waals surface area contributed by atoms with Crippen LogP contribution in [0.15, 0.2) is 0 Å². The molecule has 0 spiro atoms. The Morgan fingerprint density at radius 2 is 1.75 bits per heavy atom. The third-order valence-electron chi connectivity index (χ3n) is 6.52. The standard InChI is InChI=1S/C16H27N3O/c20-15(16-5-1-2-14(16)10-18-11-16)19-6-3-12-8-17-9-13(12)4-7-19/h12-14,17-18H,1-11H2/t12-,13+,14-,16-/m1/s1. The first-order valence-corrected chi connectivity index (χ1v) is 8.50. The summed E-state index contributed by atoms with van der Waals surface area (Å²) in [4.78, 5) is 15.4. The molecule has 0 aromatic rings. The van der Waals surface area contributed by atoms with E-state index in [2.05, 4.69) is 15.5 Å². The summed E-state index contributed by atoms with van der Waals surface area (Å²) in [6.07, 6.45) is 6.03. The number of nitrogens with one attached hydrogen (secondary N) is 2. The van der Waals surface area contributed by atoms with Gasteiger partial charge >= 0.3 is 0 Å². The third-order valence-corrected chi connectivity index (χ3v) is 6.52. The Morgan fingerprint density at radius 3 is 2.50 bits per heavy atom. The van der Waals surface area contributed by atoms with Crippen LogP contribution in [0.2, 0.25) is 0 Å². The maximum absolute atomic E-state index is 13.1. The number of amides is 1. The molecule has 4 fully saturated rings. The van der Waals surface area contributed by atoms with Crippen LogP contribution in [0.5, 0.6) is 0 Å². The summed E-state index contributed by atoms with van der Waals surface area (Å²) in [6.45, 7) is 6.33. The lowest BCUT2D eigenvalue weighted by Crippen LogP contribution is -2.47. The lowest BCUT2D eigenvalue weighted by Gasteiger charge is -2.34. The normalized spacial score (nSPS) is 44.2. The molecule has 4 aliphatic rings. The van der Waals surface area contributed by atoms with E-state index >= 15 is 0 Å². The molecule has 4 nitrogen and oxygen atoms in total. The molecule has 4 heteroatoms. The molecule has 2 N–H and O–H groups in total. The Labute approximate surface area is 121 Å². The fraction of sp³-hybridized carbons (Fsp3) is 0.938. The van der Waals surface area contributed by atoms with Gasteiger partial charge in [0.2, 0.25) is 5.91 Å². The summed E-state index contributed by atoms with van der Waals surface area (Å²) in [7, 11) is 0. The molecule has 1 aliphatic carbocycles. The summed E-state index contributed by atoms with van der Waals surface area (Å²) in [5.74, 6) is 2.72. The highest BCUT2D eigenvalue weighted by Crippen LogP contribution is 2.47. The molecular weight excluding hydrogens is 250 g/mol. The van der Waals surface area contributed by atoms with Crippen molar-refractivity contribution in [1.82, 2.24) is 15.5 Å². The Balaban J connectivity index is 1.48. The van der Waals surface area contributed by atoms with Crippen LogP contribution in [0.4, 0.5) is 0 Å². The van der Waals surface area contributed by atoms with Gasteiger partial charge in [-0.15, -0.1) is 0 Å². The van der Waals surface area contributed by atoms with Gasteiger partial charge < -0.3 is 15.5 Å². The lowest BCUT2D eigenvalue weighted by molar-refractivity contribution is -0.142.